The van der Waals surface area contributed by atoms with Crippen molar-refractivity contribution in [3.05, 3.63) is 42.2 Å². The van der Waals surface area contributed by atoms with Crippen LogP contribution in [0.1, 0.15) is 18.9 Å². The number of hydrogen-bond acceptors (Lipinski definition) is 4. The van der Waals surface area contributed by atoms with Crippen molar-refractivity contribution in [1.29, 1.82) is 0 Å². The van der Waals surface area contributed by atoms with Gasteiger partial charge in [-0.2, -0.15) is 0 Å². The largest absolute Gasteiger partial charge is 0.491 e. The van der Waals surface area contributed by atoms with Crippen LogP contribution in [-0.2, 0) is 6.42 Å². The van der Waals surface area contributed by atoms with Gasteiger partial charge in [0.2, 0.25) is 0 Å². The predicted molar refractivity (Wildman–Crippen MR) is 74.0 cm³/mol. The normalized spacial score (nSPS) is 10.4. The molecule has 100 valence electrons. The van der Waals surface area contributed by atoms with Gasteiger partial charge in [-0.05, 0) is 36.2 Å². The molecule has 0 saturated carbocycles. The zero-order chi connectivity index (χ0) is 13.5. The molecule has 0 saturated heterocycles. The van der Waals surface area contributed by atoms with Gasteiger partial charge in [-0.3, -0.25) is 0 Å². The summed E-state index contributed by atoms with van der Waals surface area (Å²) in [6, 6.07) is 7.55. The average molecular weight is 258 g/mol. The molecule has 0 unspecified atom stereocenters. The summed E-state index contributed by atoms with van der Waals surface area (Å²) in [4.78, 5) is 8.73. The Kier molecular flexibility index (Phi) is 4.86. The lowest BCUT2D eigenvalue weighted by atomic mass is 10.2. The number of aryl methyl sites for hydroxylation is 1. The standard InChI is InChI=1S/C15H18N2O2/c1-2-3-12-10-16-15(17-11-12)13-4-6-14(7-5-13)19-9-8-18/h4-7,10-11,18H,2-3,8-9H2,1H3. The third-order valence-corrected chi connectivity index (χ3v) is 2.72. The second kappa shape index (κ2) is 6.85. The number of aliphatic hydroxyl groups excluding tert-OH is 1. The minimum absolute atomic E-state index is 0.0176. The van der Waals surface area contributed by atoms with Gasteiger partial charge in [-0.25, -0.2) is 9.97 Å². The average Bonchev–Trinajstić information content (AvgIpc) is 2.47. The maximum Gasteiger partial charge on any atom is 0.159 e. The molecule has 1 aromatic carbocycles. The Morgan fingerprint density at radius 1 is 1.11 bits per heavy atom. The molecule has 0 fully saturated rings. The van der Waals surface area contributed by atoms with Gasteiger partial charge in [-0.15, -0.1) is 0 Å². The molecule has 0 atom stereocenters. The van der Waals surface area contributed by atoms with Gasteiger partial charge in [0.25, 0.3) is 0 Å². The Morgan fingerprint density at radius 2 is 1.79 bits per heavy atom. The van der Waals surface area contributed by atoms with Crippen molar-refractivity contribution in [2.45, 2.75) is 19.8 Å². The fourth-order valence-corrected chi connectivity index (χ4v) is 1.79. The lowest BCUT2D eigenvalue weighted by molar-refractivity contribution is 0.201. The highest BCUT2D eigenvalue weighted by Gasteiger charge is 2.02. The van der Waals surface area contributed by atoms with E-state index in [9.17, 15) is 0 Å². The number of hydrogen-bond donors (Lipinski definition) is 1. The van der Waals surface area contributed by atoms with Crippen LogP contribution in [0, 0.1) is 0 Å². The van der Waals surface area contributed by atoms with Crippen LogP contribution in [-0.4, -0.2) is 28.3 Å². The smallest absolute Gasteiger partial charge is 0.159 e. The highest BCUT2D eigenvalue weighted by atomic mass is 16.5. The van der Waals surface area contributed by atoms with Crippen molar-refractivity contribution in [2.24, 2.45) is 0 Å². The van der Waals surface area contributed by atoms with Crippen LogP contribution in [0.3, 0.4) is 0 Å². The van der Waals surface area contributed by atoms with E-state index in [-0.39, 0.29) is 6.61 Å². The van der Waals surface area contributed by atoms with Crippen LogP contribution in [0.2, 0.25) is 0 Å². The zero-order valence-electron chi connectivity index (χ0n) is 11.0. The highest BCUT2D eigenvalue weighted by Crippen LogP contribution is 2.19. The summed E-state index contributed by atoms with van der Waals surface area (Å²) in [5, 5.41) is 8.68. The molecule has 0 bridgehead atoms. The highest BCUT2D eigenvalue weighted by molar-refractivity contribution is 5.55. The van der Waals surface area contributed by atoms with Gasteiger partial charge in [0.15, 0.2) is 5.82 Å². The van der Waals surface area contributed by atoms with Crippen molar-refractivity contribution in [3.8, 4) is 17.1 Å². The van der Waals surface area contributed by atoms with Gasteiger partial charge in [0.05, 0.1) is 6.61 Å². The molecule has 0 aliphatic heterocycles. The van der Waals surface area contributed by atoms with E-state index in [1.54, 1.807) is 0 Å². The number of nitrogens with zero attached hydrogens (tertiary/aromatic N) is 2. The van der Waals surface area contributed by atoms with Crippen molar-refractivity contribution in [3.63, 3.8) is 0 Å². The number of ether oxygens (including phenoxy) is 1. The van der Waals surface area contributed by atoms with Gasteiger partial charge >= 0.3 is 0 Å². The maximum atomic E-state index is 8.68. The second-order valence-corrected chi connectivity index (χ2v) is 4.26. The number of benzene rings is 1. The fraction of sp³-hybridized carbons (Fsp3) is 0.333. The van der Waals surface area contributed by atoms with Crippen molar-refractivity contribution in [1.82, 2.24) is 9.97 Å². The summed E-state index contributed by atoms with van der Waals surface area (Å²) in [7, 11) is 0. The first-order valence-corrected chi connectivity index (χ1v) is 6.48. The molecule has 19 heavy (non-hydrogen) atoms. The first-order chi connectivity index (χ1) is 9.33. The number of rotatable bonds is 6. The molecule has 2 aromatic rings. The van der Waals surface area contributed by atoms with E-state index < -0.39 is 0 Å². The SMILES string of the molecule is CCCc1cnc(-c2ccc(OCCO)cc2)nc1. The van der Waals surface area contributed by atoms with Gasteiger partial charge in [-0.1, -0.05) is 13.3 Å². The van der Waals surface area contributed by atoms with Crippen LogP contribution in [0.25, 0.3) is 11.4 Å². The van der Waals surface area contributed by atoms with E-state index in [4.69, 9.17) is 9.84 Å². The Morgan fingerprint density at radius 3 is 2.37 bits per heavy atom. The summed E-state index contributed by atoms with van der Waals surface area (Å²) in [6.45, 7) is 2.46. The van der Waals surface area contributed by atoms with E-state index in [2.05, 4.69) is 16.9 Å². The molecule has 0 amide bonds. The van der Waals surface area contributed by atoms with Crippen LogP contribution >= 0.6 is 0 Å². The maximum absolute atomic E-state index is 8.68. The summed E-state index contributed by atoms with van der Waals surface area (Å²) < 4.78 is 5.31. The van der Waals surface area contributed by atoms with Crippen LogP contribution in [0.15, 0.2) is 36.7 Å². The molecule has 1 heterocycles. The zero-order valence-corrected chi connectivity index (χ0v) is 11.0. The fourth-order valence-electron chi connectivity index (χ4n) is 1.79. The first kappa shape index (κ1) is 13.5. The molecule has 0 aliphatic rings. The third-order valence-electron chi connectivity index (χ3n) is 2.72. The number of aromatic nitrogens is 2. The second-order valence-electron chi connectivity index (χ2n) is 4.26. The minimum atomic E-state index is 0.0176. The molecular weight excluding hydrogens is 240 g/mol. The van der Waals surface area contributed by atoms with Gasteiger partial charge in [0, 0.05) is 18.0 Å². The van der Waals surface area contributed by atoms with E-state index >= 15 is 0 Å². The third kappa shape index (κ3) is 3.76. The van der Waals surface area contributed by atoms with Gasteiger partial charge < -0.3 is 9.84 Å². The molecule has 1 N–H and O–H groups in total. The Labute approximate surface area is 113 Å². The van der Waals surface area contributed by atoms with Crippen LogP contribution in [0.4, 0.5) is 0 Å². The van der Waals surface area contributed by atoms with Gasteiger partial charge in [0.1, 0.15) is 12.4 Å². The lowest BCUT2D eigenvalue weighted by Crippen LogP contribution is -2.01. The molecule has 0 radical (unpaired) electrons. The molecule has 1 aromatic heterocycles. The predicted octanol–water partition coefficient (Wildman–Crippen LogP) is 2.47. The van der Waals surface area contributed by atoms with Crippen molar-refractivity contribution < 1.29 is 9.84 Å². The van der Waals surface area contributed by atoms with Crippen molar-refractivity contribution >= 4 is 0 Å². The summed E-state index contributed by atoms with van der Waals surface area (Å²) in [5.41, 5.74) is 2.12. The van der Waals surface area contributed by atoms with E-state index in [1.165, 1.54) is 0 Å². The molecule has 0 spiro atoms. The van der Waals surface area contributed by atoms with E-state index in [0.717, 1.165) is 29.7 Å². The molecule has 0 aliphatic carbocycles. The Hall–Kier alpha value is -1.94. The molecule has 2 rings (SSSR count). The minimum Gasteiger partial charge on any atom is -0.491 e. The summed E-state index contributed by atoms with van der Waals surface area (Å²) in [5.74, 6) is 1.45. The Balaban J connectivity index is 2.08. The molecular formula is C15H18N2O2. The van der Waals surface area contributed by atoms with Crippen molar-refractivity contribution in [2.75, 3.05) is 13.2 Å². The first-order valence-electron chi connectivity index (χ1n) is 6.48. The topological polar surface area (TPSA) is 55.2 Å². The lowest BCUT2D eigenvalue weighted by Gasteiger charge is -2.05. The quantitative estimate of drug-likeness (QED) is 0.864. The molecule has 4 nitrogen and oxygen atoms in total. The van der Waals surface area contributed by atoms with Crippen LogP contribution in [0.5, 0.6) is 5.75 Å². The van der Waals surface area contributed by atoms with E-state index in [1.807, 2.05) is 36.7 Å². The number of aliphatic hydroxyl groups is 1. The molecule has 4 heteroatoms. The Bertz CT molecular complexity index is 495. The van der Waals surface area contributed by atoms with Crippen LogP contribution < -0.4 is 4.74 Å². The van der Waals surface area contributed by atoms with E-state index in [0.29, 0.717) is 12.4 Å². The summed E-state index contributed by atoms with van der Waals surface area (Å²) >= 11 is 0. The summed E-state index contributed by atoms with van der Waals surface area (Å²) in [6.07, 6.45) is 5.86. The monoisotopic (exact) mass is 258 g/mol.